The monoisotopic (exact) mass is 787 g/mol. The van der Waals surface area contributed by atoms with E-state index in [0.717, 1.165) is 58.5 Å². The van der Waals surface area contributed by atoms with Crippen molar-refractivity contribution in [3.05, 3.63) is 141 Å². The van der Waals surface area contributed by atoms with Crippen LogP contribution in [0.4, 0.5) is 32.0 Å². The van der Waals surface area contributed by atoms with Gasteiger partial charge in [-0.25, -0.2) is 23.2 Å². The lowest BCUT2D eigenvalue weighted by molar-refractivity contribution is -0.137. The molecule has 0 radical (unpaired) electrons. The maximum absolute atomic E-state index is 14.0. The van der Waals surface area contributed by atoms with E-state index in [2.05, 4.69) is 9.97 Å². The molecular weight excluding hydrogens is 757 g/mol. The number of nitrogens with zero attached hydrogens (tertiary/aromatic N) is 2. The predicted molar refractivity (Wildman–Crippen MR) is 200 cm³/mol. The van der Waals surface area contributed by atoms with Gasteiger partial charge in [-0.1, -0.05) is 60.7 Å². The first-order valence-corrected chi connectivity index (χ1v) is 19.0. The molecule has 3 N–H and O–H groups in total. The molecule has 1 heterocycles. The molecule has 0 bridgehead atoms. The Kier molecular flexibility index (Phi) is 9.31. The van der Waals surface area contributed by atoms with Crippen molar-refractivity contribution in [2.75, 3.05) is 12.0 Å². The number of alkyl halides is 6. The van der Waals surface area contributed by atoms with E-state index in [0.29, 0.717) is 39.9 Å². The van der Waals surface area contributed by atoms with E-state index < -0.39 is 39.3 Å². The van der Waals surface area contributed by atoms with Crippen LogP contribution in [0.1, 0.15) is 54.9 Å². The van der Waals surface area contributed by atoms with Crippen molar-refractivity contribution in [2.24, 2.45) is 0 Å². The van der Waals surface area contributed by atoms with Gasteiger partial charge < -0.3 is 10.8 Å². The molecule has 2 aliphatic carbocycles. The standard InChI is InChI=1S/C29H19F6N.C13H12N2O4S/c1-14-19(13-22-18-7-3-2-5-15(18)9-24(22)27(14)36)21-11-17(28(30,31)32)12-23-20(21)10-16-6-4-8-25(26(16)23)29(33,34)35;1-8-5-3-4-6-9(8)11-10(12(16)17)7-14-13(15-11)20(2,18)19/h2-8,11-13H,9-10,36H2,1H3;3-7H,1-2H3,(H,16,17). The molecule has 14 heteroatoms. The quantitative estimate of drug-likeness (QED) is 0.103. The number of aryl methyl sites for hydroxylation is 1. The van der Waals surface area contributed by atoms with Crippen molar-refractivity contribution in [3.8, 4) is 44.6 Å². The average molecular weight is 788 g/mol. The molecular formula is C42H31F6N3O4S. The fourth-order valence-electron chi connectivity index (χ4n) is 7.42. The normalized spacial score (nSPS) is 12.9. The van der Waals surface area contributed by atoms with Crippen LogP contribution >= 0.6 is 0 Å². The molecule has 0 saturated carbocycles. The lowest BCUT2D eigenvalue weighted by atomic mass is 9.87. The second-order valence-electron chi connectivity index (χ2n) is 13.7. The molecule has 0 amide bonds. The summed E-state index contributed by atoms with van der Waals surface area (Å²) in [5.74, 6) is -1.21. The summed E-state index contributed by atoms with van der Waals surface area (Å²) in [6.07, 6.45) is -6.70. The minimum atomic E-state index is -4.73. The third-order valence-electron chi connectivity index (χ3n) is 10.1. The molecule has 6 aromatic rings. The van der Waals surface area contributed by atoms with Gasteiger partial charge in [-0.3, -0.25) is 0 Å². The van der Waals surface area contributed by atoms with Crippen LogP contribution in [0, 0.1) is 13.8 Å². The van der Waals surface area contributed by atoms with Crippen LogP contribution in [-0.2, 0) is 35.0 Å². The van der Waals surface area contributed by atoms with Crippen molar-refractivity contribution < 1.29 is 44.7 Å². The van der Waals surface area contributed by atoms with Crippen molar-refractivity contribution in [3.63, 3.8) is 0 Å². The average Bonchev–Trinajstić information content (AvgIpc) is 3.70. The van der Waals surface area contributed by atoms with Crippen molar-refractivity contribution in [2.45, 2.75) is 44.2 Å². The molecule has 1 aromatic heterocycles. The number of nitrogen functional groups attached to an aromatic ring is 1. The van der Waals surface area contributed by atoms with Gasteiger partial charge in [-0.05, 0) is 111 Å². The Bertz CT molecular complexity index is 2730. The number of rotatable bonds is 4. The molecule has 56 heavy (non-hydrogen) atoms. The van der Waals surface area contributed by atoms with Gasteiger partial charge >= 0.3 is 18.3 Å². The maximum atomic E-state index is 14.0. The fourth-order valence-corrected chi connectivity index (χ4v) is 7.92. The Morgan fingerprint density at radius 3 is 1.98 bits per heavy atom. The van der Waals surface area contributed by atoms with Crippen LogP contribution < -0.4 is 5.73 Å². The number of anilines is 1. The number of carbonyl (C=O) groups is 1. The van der Waals surface area contributed by atoms with Crippen LogP contribution in [-0.4, -0.2) is 35.7 Å². The highest BCUT2D eigenvalue weighted by Crippen LogP contribution is 2.52. The van der Waals surface area contributed by atoms with Crippen LogP contribution in [0.15, 0.2) is 96.3 Å². The molecule has 286 valence electrons. The summed E-state index contributed by atoms with van der Waals surface area (Å²) in [5.41, 5.74) is 12.2. The fraction of sp³-hybridized carbons (Fsp3) is 0.167. The number of carboxylic acid groups (broad SMARTS) is 1. The minimum Gasteiger partial charge on any atom is -0.478 e. The smallest absolute Gasteiger partial charge is 0.417 e. The molecule has 2 aliphatic rings. The van der Waals surface area contributed by atoms with E-state index in [1.807, 2.05) is 30.3 Å². The van der Waals surface area contributed by atoms with E-state index in [1.165, 1.54) is 6.07 Å². The number of nitrogens with two attached hydrogens (primary N) is 1. The Balaban J connectivity index is 0.000000204. The van der Waals surface area contributed by atoms with Gasteiger partial charge in [0.25, 0.3) is 0 Å². The van der Waals surface area contributed by atoms with Gasteiger partial charge in [-0.2, -0.15) is 26.3 Å². The van der Waals surface area contributed by atoms with E-state index in [1.54, 1.807) is 44.2 Å². The van der Waals surface area contributed by atoms with Crippen LogP contribution in [0.3, 0.4) is 0 Å². The summed E-state index contributed by atoms with van der Waals surface area (Å²) < 4.78 is 107. The first kappa shape index (κ1) is 38.3. The molecule has 0 saturated heterocycles. The van der Waals surface area contributed by atoms with E-state index in [-0.39, 0.29) is 39.5 Å². The largest absolute Gasteiger partial charge is 0.478 e. The highest BCUT2D eigenvalue weighted by molar-refractivity contribution is 7.90. The molecule has 0 fully saturated rings. The summed E-state index contributed by atoms with van der Waals surface area (Å²) in [7, 11) is -3.60. The number of fused-ring (bicyclic) bond motifs is 6. The van der Waals surface area contributed by atoms with Crippen molar-refractivity contribution >= 4 is 21.5 Å². The van der Waals surface area contributed by atoms with Crippen molar-refractivity contribution in [1.29, 1.82) is 0 Å². The zero-order valence-electron chi connectivity index (χ0n) is 29.9. The summed E-state index contributed by atoms with van der Waals surface area (Å²) in [6, 6.07) is 22.3. The van der Waals surface area contributed by atoms with E-state index >= 15 is 0 Å². The highest BCUT2D eigenvalue weighted by atomic mass is 32.2. The second-order valence-corrected chi connectivity index (χ2v) is 15.6. The third kappa shape index (κ3) is 6.78. The first-order chi connectivity index (χ1) is 26.3. The number of halogens is 6. The molecule has 8 rings (SSSR count). The van der Waals surface area contributed by atoms with Crippen LogP contribution in [0.25, 0.3) is 44.6 Å². The maximum Gasteiger partial charge on any atom is 0.417 e. The summed E-state index contributed by atoms with van der Waals surface area (Å²) in [5, 5.41) is 8.79. The number of hydrogen-bond acceptors (Lipinski definition) is 6. The summed E-state index contributed by atoms with van der Waals surface area (Å²) in [6.45, 7) is 3.55. The molecule has 5 aromatic carbocycles. The number of aromatic nitrogens is 2. The zero-order chi connectivity index (χ0) is 40.5. The number of hydrogen-bond donors (Lipinski definition) is 2. The molecule has 7 nitrogen and oxygen atoms in total. The lowest BCUT2D eigenvalue weighted by Crippen LogP contribution is -2.10. The lowest BCUT2D eigenvalue weighted by Gasteiger charge is -2.19. The van der Waals surface area contributed by atoms with Gasteiger partial charge in [0.05, 0.1) is 16.8 Å². The van der Waals surface area contributed by atoms with Gasteiger partial charge in [0.1, 0.15) is 5.56 Å². The third-order valence-corrected chi connectivity index (χ3v) is 11.0. The minimum absolute atomic E-state index is 0.0263. The Labute approximate surface area is 317 Å². The summed E-state index contributed by atoms with van der Waals surface area (Å²) >= 11 is 0. The first-order valence-electron chi connectivity index (χ1n) is 17.1. The molecule has 0 aliphatic heterocycles. The van der Waals surface area contributed by atoms with Gasteiger partial charge in [0, 0.05) is 30.1 Å². The second kappa shape index (κ2) is 13.6. The summed E-state index contributed by atoms with van der Waals surface area (Å²) in [4.78, 5) is 18.8. The number of benzene rings is 5. The molecule has 0 spiro atoms. The Hall–Kier alpha value is -6.02. The topological polar surface area (TPSA) is 123 Å². The zero-order valence-corrected chi connectivity index (χ0v) is 30.7. The van der Waals surface area contributed by atoms with E-state index in [9.17, 15) is 44.7 Å². The predicted octanol–water partition coefficient (Wildman–Crippen LogP) is 9.98. The molecule has 0 atom stereocenters. The molecule has 0 unspecified atom stereocenters. The number of aromatic carboxylic acids is 1. The van der Waals surface area contributed by atoms with Gasteiger partial charge in [-0.15, -0.1) is 0 Å². The van der Waals surface area contributed by atoms with Crippen LogP contribution in [0.2, 0.25) is 0 Å². The van der Waals surface area contributed by atoms with E-state index in [4.69, 9.17) is 5.73 Å². The SMILES string of the molecule is Cc1c(-c2cc(C(F)(F)F)cc3c2Cc2cccc(C(F)(F)F)c2-3)cc2c(c1N)Cc1ccccc1-2.Cc1ccccc1-c1nc(S(C)(=O)=O)ncc1C(=O)O. The number of carboxylic acids is 1. The highest BCUT2D eigenvalue weighted by Gasteiger charge is 2.40. The Morgan fingerprint density at radius 2 is 1.34 bits per heavy atom. The number of sulfone groups is 1. The van der Waals surface area contributed by atoms with Gasteiger partial charge in [0.15, 0.2) is 0 Å². The van der Waals surface area contributed by atoms with Crippen LogP contribution in [0.5, 0.6) is 0 Å². The Morgan fingerprint density at radius 1 is 0.732 bits per heavy atom. The van der Waals surface area contributed by atoms with Gasteiger partial charge in [0.2, 0.25) is 15.0 Å². The van der Waals surface area contributed by atoms with Crippen molar-refractivity contribution in [1.82, 2.24) is 9.97 Å².